The molecule has 2 aliphatic heterocycles. The quantitative estimate of drug-likeness (QED) is 0.736. The lowest BCUT2D eigenvalue weighted by Gasteiger charge is -2.43. The summed E-state index contributed by atoms with van der Waals surface area (Å²) in [5.41, 5.74) is 2.00. The number of para-hydroxylation sites is 1. The van der Waals surface area contributed by atoms with E-state index in [-0.39, 0.29) is 5.91 Å². The molecule has 0 bridgehead atoms. The van der Waals surface area contributed by atoms with Crippen LogP contribution in [-0.2, 0) is 0 Å². The molecule has 0 aliphatic carbocycles. The molecule has 2 aromatic rings. The van der Waals surface area contributed by atoms with E-state index >= 15 is 0 Å². The van der Waals surface area contributed by atoms with Crippen molar-refractivity contribution < 1.29 is 9.53 Å². The Hall–Kier alpha value is -2.37. The Morgan fingerprint density at radius 3 is 2.43 bits per heavy atom. The number of hydrogen-bond donors (Lipinski definition) is 0. The molecule has 160 valence electrons. The van der Waals surface area contributed by atoms with Gasteiger partial charge in [0, 0.05) is 57.4 Å². The molecule has 2 saturated heterocycles. The van der Waals surface area contributed by atoms with Crippen molar-refractivity contribution in [3.63, 3.8) is 0 Å². The molecule has 0 aromatic heterocycles. The summed E-state index contributed by atoms with van der Waals surface area (Å²) < 4.78 is 5.84. The number of piperidine rings is 1. The van der Waals surface area contributed by atoms with E-state index in [0.29, 0.717) is 6.04 Å². The van der Waals surface area contributed by atoms with Gasteiger partial charge in [0.05, 0.1) is 0 Å². The van der Waals surface area contributed by atoms with Gasteiger partial charge in [0.1, 0.15) is 12.4 Å². The zero-order chi connectivity index (χ0) is 20.8. The van der Waals surface area contributed by atoms with Crippen LogP contribution in [0.25, 0.3) is 0 Å². The molecule has 0 spiro atoms. The Balaban J connectivity index is 1.22. The van der Waals surface area contributed by atoms with Crippen LogP contribution in [0.4, 0.5) is 0 Å². The van der Waals surface area contributed by atoms with E-state index in [0.717, 1.165) is 70.2 Å². The van der Waals surface area contributed by atoms with Gasteiger partial charge in [0.15, 0.2) is 0 Å². The number of piperazine rings is 1. The predicted octanol–water partition coefficient (Wildman–Crippen LogP) is 3.30. The smallest absolute Gasteiger partial charge is 0.253 e. The molecule has 2 aromatic carbocycles. The summed E-state index contributed by atoms with van der Waals surface area (Å²) in [6.07, 6.45) is 2.28. The Morgan fingerprint density at radius 1 is 0.967 bits per heavy atom. The molecule has 0 saturated carbocycles. The fraction of sp³-hybridized carbons (Fsp3) is 0.480. The SMILES string of the molecule is Cc1ccc(C(=O)N2CCCC(N3CCN(CCOc4ccccc4)CC3)C2)cc1. The number of benzene rings is 2. The van der Waals surface area contributed by atoms with Crippen molar-refractivity contribution in [1.82, 2.24) is 14.7 Å². The van der Waals surface area contributed by atoms with Gasteiger partial charge in [-0.1, -0.05) is 35.9 Å². The maximum atomic E-state index is 12.9. The average molecular weight is 408 g/mol. The zero-order valence-electron chi connectivity index (χ0n) is 18.0. The van der Waals surface area contributed by atoms with Crippen molar-refractivity contribution in [2.45, 2.75) is 25.8 Å². The lowest BCUT2D eigenvalue weighted by molar-refractivity contribution is 0.0399. The Labute approximate surface area is 180 Å². The minimum atomic E-state index is 0.177. The van der Waals surface area contributed by atoms with E-state index in [2.05, 4.69) is 21.6 Å². The van der Waals surface area contributed by atoms with E-state index in [4.69, 9.17) is 4.74 Å². The van der Waals surface area contributed by atoms with E-state index in [1.807, 2.05) is 54.6 Å². The molecular weight excluding hydrogens is 374 g/mol. The summed E-state index contributed by atoms with van der Waals surface area (Å²) in [7, 11) is 0. The fourth-order valence-electron chi connectivity index (χ4n) is 4.48. The highest BCUT2D eigenvalue weighted by molar-refractivity contribution is 5.94. The summed E-state index contributed by atoms with van der Waals surface area (Å²) in [4.78, 5) is 20.0. The van der Waals surface area contributed by atoms with Crippen LogP contribution < -0.4 is 4.74 Å². The van der Waals surface area contributed by atoms with E-state index < -0.39 is 0 Å². The third kappa shape index (κ3) is 5.41. The largest absolute Gasteiger partial charge is 0.492 e. The molecule has 5 nitrogen and oxygen atoms in total. The molecule has 2 aliphatic rings. The van der Waals surface area contributed by atoms with Crippen LogP contribution in [0.15, 0.2) is 54.6 Å². The molecule has 1 amide bonds. The number of amides is 1. The summed E-state index contributed by atoms with van der Waals surface area (Å²) in [6, 6.07) is 18.5. The highest BCUT2D eigenvalue weighted by Gasteiger charge is 2.30. The summed E-state index contributed by atoms with van der Waals surface area (Å²) in [5.74, 6) is 1.12. The number of likely N-dealkylation sites (tertiary alicyclic amines) is 1. The first-order chi connectivity index (χ1) is 14.7. The van der Waals surface area contributed by atoms with Crippen molar-refractivity contribution >= 4 is 5.91 Å². The van der Waals surface area contributed by atoms with E-state index in [1.54, 1.807) is 0 Å². The van der Waals surface area contributed by atoms with Crippen molar-refractivity contribution in [3.05, 3.63) is 65.7 Å². The standard InChI is InChI=1S/C25H33N3O2/c1-21-9-11-22(12-10-21)25(29)28-13-5-6-23(20-28)27-16-14-26(15-17-27)18-19-30-24-7-3-2-4-8-24/h2-4,7-12,23H,5-6,13-20H2,1H3. The molecule has 30 heavy (non-hydrogen) atoms. The molecule has 2 fully saturated rings. The average Bonchev–Trinajstić information content (AvgIpc) is 2.80. The highest BCUT2D eigenvalue weighted by Crippen LogP contribution is 2.20. The number of rotatable bonds is 6. The van der Waals surface area contributed by atoms with Crippen molar-refractivity contribution in [2.24, 2.45) is 0 Å². The first kappa shape index (κ1) is 20.9. The number of ether oxygens (including phenoxy) is 1. The predicted molar refractivity (Wildman–Crippen MR) is 120 cm³/mol. The van der Waals surface area contributed by atoms with Crippen molar-refractivity contribution in [1.29, 1.82) is 0 Å². The molecule has 5 heteroatoms. The van der Waals surface area contributed by atoms with E-state index in [1.165, 1.54) is 12.0 Å². The number of carbonyl (C=O) groups is 1. The van der Waals surface area contributed by atoms with Gasteiger partial charge in [0.2, 0.25) is 0 Å². The topological polar surface area (TPSA) is 36.0 Å². The van der Waals surface area contributed by atoms with Crippen molar-refractivity contribution in [3.8, 4) is 5.75 Å². The maximum absolute atomic E-state index is 12.9. The fourth-order valence-corrected chi connectivity index (χ4v) is 4.48. The van der Waals surface area contributed by atoms with Crippen LogP contribution in [0.5, 0.6) is 5.75 Å². The maximum Gasteiger partial charge on any atom is 0.253 e. The summed E-state index contributed by atoms with van der Waals surface area (Å²) >= 11 is 0. The van der Waals surface area contributed by atoms with Gasteiger partial charge in [-0.2, -0.15) is 0 Å². The lowest BCUT2D eigenvalue weighted by atomic mass is 10.0. The first-order valence-corrected chi connectivity index (χ1v) is 11.2. The van der Waals surface area contributed by atoms with Crippen LogP contribution in [0.1, 0.15) is 28.8 Å². The number of hydrogen-bond acceptors (Lipinski definition) is 4. The molecule has 1 atom stereocenters. The molecule has 4 rings (SSSR count). The Morgan fingerprint density at radius 2 is 1.70 bits per heavy atom. The number of nitrogens with zero attached hydrogens (tertiary/aromatic N) is 3. The van der Waals surface area contributed by atoms with E-state index in [9.17, 15) is 4.79 Å². The van der Waals surface area contributed by atoms with Crippen LogP contribution >= 0.6 is 0 Å². The Bertz CT molecular complexity index is 801. The van der Waals surface area contributed by atoms with Gasteiger partial charge < -0.3 is 9.64 Å². The van der Waals surface area contributed by atoms with Crippen LogP contribution in [-0.4, -0.2) is 79.1 Å². The number of aryl methyl sites for hydroxylation is 1. The normalized spacial score (nSPS) is 20.8. The molecule has 2 heterocycles. The van der Waals surface area contributed by atoms with Crippen LogP contribution in [0, 0.1) is 6.92 Å². The van der Waals surface area contributed by atoms with Crippen LogP contribution in [0.2, 0.25) is 0 Å². The molecule has 1 unspecified atom stereocenters. The van der Waals surface area contributed by atoms with Gasteiger partial charge in [0.25, 0.3) is 5.91 Å². The van der Waals surface area contributed by atoms with Gasteiger partial charge in [-0.05, 0) is 44.0 Å². The zero-order valence-corrected chi connectivity index (χ0v) is 18.0. The van der Waals surface area contributed by atoms with Gasteiger partial charge in [-0.25, -0.2) is 0 Å². The summed E-state index contributed by atoms with van der Waals surface area (Å²) in [6.45, 7) is 9.76. The third-order valence-corrected chi connectivity index (χ3v) is 6.32. The summed E-state index contributed by atoms with van der Waals surface area (Å²) in [5, 5.41) is 0. The highest BCUT2D eigenvalue weighted by atomic mass is 16.5. The first-order valence-electron chi connectivity index (χ1n) is 11.2. The second kappa shape index (κ2) is 10.1. The van der Waals surface area contributed by atoms with Gasteiger partial charge >= 0.3 is 0 Å². The number of carbonyl (C=O) groups excluding carboxylic acids is 1. The second-order valence-corrected chi connectivity index (χ2v) is 8.45. The molecular formula is C25H33N3O2. The monoisotopic (exact) mass is 407 g/mol. The Kier molecular flexibility index (Phi) is 7.03. The molecule has 0 N–H and O–H groups in total. The van der Waals surface area contributed by atoms with Crippen LogP contribution in [0.3, 0.4) is 0 Å². The minimum Gasteiger partial charge on any atom is -0.492 e. The van der Waals surface area contributed by atoms with Gasteiger partial charge in [-0.15, -0.1) is 0 Å². The second-order valence-electron chi connectivity index (χ2n) is 8.45. The third-order valence-electron chi connectivity index (χ3n) is 6.32. The minimum absolute atomic E-state index is 0.177. The molecule has 0 radical (unpaired) electrons. The lowest BCUT2D eigenvalue weighted by Crippen LogP contribution is -2.56. The van der Waals surface area contributed by atoms with Crippen molar-refractivity contribution in [2.75, 3.05) is 52.4 Å². The van der Waals surface area contributed by atoms with Gasteiger partial charge in [-0.3, -0.25) is 14.6 Å².